The van der Waals surface area contributed by atoms with Crippen LogP contribution in [0.1, 0.15) is 28.8 Å². The molecule has 1 aromatic rings. The molecule has 1 aromatic carbocycles. The Bertz CT molecular complexity index is 398. The van der Waals surface area contributed by atoms with E-state index < -0.39 is 0 Å². The maximum absolute atomic E-state index is 11.5. The van der Waals surface area contributed by atoms with Crippen LogP contribution in [0, 0.1) is 0 Å². The molecule has 0 radical (unpaired) electrons. The molecular formula is C13H16O4. The zero-order valence-corrected chi connectivity index (χ0v) is 10.1. The predicted octanol–water partition coefficient (Wildman–Crippen LogP) is 1.97. The first-order valence-corrected chi connectivity index (χ1v) is 5.42. The average molecular weight is 236 g/mol. The lowest BCUT2D eigenvalue weighted by Gasteiger charge is -2.06. The monoisotopic (exact) mass is 236 g/mol. The Morgan fingerprint density at radius 1 is 1.12 bits per heavy atom. The van der Waals surface area contributed by atoms with Gasteiger partial charge in [0.25, 0.3) is 0 Å². The van der Waals surface area contributed by atoms with Gasteiger partial charge in [0.1, 0.15) is 0 Å². The van der Waals surface area contributed by atoms with Gasteiger partial charge in [-0.25, -0.2) is 4.79 Å². The molecule has 4 heteroatoms. The molecule has 4 nitrogen and oxygen atoms in total. The fraction of sp³-hybridized carbons (Fsp3) is 0.385. The van der Waals surface area contributed by atoms with Gasteiger partial charge in [-0.3, -0.25) is 4.79 Å². The van der Waals surface area contributed by atoms with Gasteiger partial charge in [0.05, 0.1) is 19.8 Å². The number of benzene rings is 1. The van der Waals surface area contributed by atoms with Crippen LogP contribution in [0.3, 0.4) is 0 Å². The summed E-state index contributed by atoms with van der Waals surface area (Å²) in [6, 6.07) is 7.23. The van der Waals surface area contributed by atoms with Crippen molar-refractivity contribution in [3.63, 3.8) is 0 Å². The summed E-state index contributed by atoms with van der Waals surface area (Å²) in [4.78, 5) is 22.4. The lowest BCUT2D eigenvalue weighted by atomic mass is 10.0. The van der Waals surface area contributed by atoms with Crippen LogP contribution in [0.15, 0.2) is 24.3 Å². The summed E-state index contributed by atoms with van der Waals surface area (Å²) in [6.45, 7) is 0. The molecular weight excluding hydrogens is 220 g/mol. The highest BCUT2D eigenvalue weighted by molar-refractivity contribution is 5.90. The zero-order valence-electron chi connectivity index (χ0n) is 10.1. The number of esters is 2. The average Bonchev–Trinajstić information content (AvgIpc) is 2.38. The highest BCUT2D eigenvalue weighted by atomic mass is 16.5. The number of methoxy groups -OCH3 is 2. The topological polar surface area (TPSA) is 52.6 Å². The molecule has 0 saturated heterocycles. The molecule has 92 valence electrons. The predicted molar refractivity (Wildman–Crippen MR) is 62.7 cm³/mol. The highest BCUT2D eigenvalue weighted by Crippen LogP contribution is 2.13. The fourth-order valence-corrected chi connectivity index (χ4v) is 1.57. The number of ether oxygens (including phenoxy) is 2. The normalized spacial score (nSPS) is 9.76. The molecule has 0 N–H and O–H groups in total. The van der Waals surface area contributed by atoms with Gasteiger partial charge in [-0.05, 0) is 24.5 Å². The van der Waals surface area contributed by atoms with Crippen LogP contribution in [0.25, 0.3) is 0 Å². The number of carbonyl (C=O) groups excluding carboxylic acids is 2. The Balaban J connectivity index is 2.64. The molecule has 0 fully saturated rings. The van der Waals surface area contributed by atoms with Crippen molar-refractivity contribution < 1.29 is 19.1 Å². The SMILES string of the molecule is COC(=O)CCCc1ccccc1C(=O)OC. The van der Waals surface area contributed by atoms with Crippen molar-refractivity contribution in [3.8, 4) is 0 Å². The summed E-state index contributed by atoms with van der Waals surface area (Å²) < 4.78 is 9.25. The second-order valence-electron chi connectivity index (χ2n) is 3.58. The quantitative estimate of drug-likeness (QED) is 0.733. The summed E-state index contributed by atoms with van der Waals surface area (Å²) >= 11 is 0. The van der Waals surface area contributed by atoms with E-state index in [1.54, 1.807) is 12.1 Å². The van der Waals surface area contributed by atoms with Crippen LogP contribution in [0.5, 0.6) is 0 Å². The smallest absolute Gasteiger partial charge is 0.338 e. The number of rotatable bonds is 5. The lowest BCUT2D eigenvalue weighted by molar-refractivity contribution is -0.140. The van der Waals surface area contributed by atoms with Crippen LogP contribution in [-0.2, 0) is 20.7 Å². The van der Waals surface area contributed by atoms with Gasteiger partial charge in [-0.15, -0.1) is 0 Å². The van der Waals surface area contributed by atoms with Gasteiger partial charge in [0.2, 0.25) is 0 Å². The maximum atomic E-state index is 11.5. The largest absolute Gasteiger partial charge is 0.469 e. The van der Waals surface area contributed by atoms with E-state index in [-0.39, 0.29) is 11.9 Å². The van der Waals surface area contributed by atoms with Gasteiger partial charge in [-0.2, -0.15) is 0 Å². The Labute approximate surface area is 101 Å². The van der Waals surface area contributed by atoms with E-state index in [0.717, 1.165) is 5.56 Å². The minimum Gasteiger partial charge on any atom is -0.469 e. The van der Waals surface area contributed by atoms with E-state index in [4.69, 9.17) is 4.74 Å². The van der Waals surface area contributed by atoms with Crippen molar-refractivity contribution in [3.05, 3.63) is 35.4 Å². The standard InChI is InChI=1S/C13H16O4/c1-16-12(14)9-5-7-10-6-3-4-8-11(10)13(15)17-2/h3-4,6,8H,5,7,9H2,1-2H3. The third-order valence-corrected chi connectivity index (χ3v) is 2.48. The molecule has 0 bridgehead atoms. The maximum Gasteiger partial charge on any atom is 0.338 e. The van der Waals surface area contributed by atoms with Crippen LogP contribution < -0.4 is 0 Å². The van der Waals surface area contributed by atoms with Crippen LogP contribution in [0.2, 0.25) is 0 Å². The molecule has 0 aliphatic heterocycles. The second kappa shape index (κ2) is 6.68. The van der Waals surface area contributed by atoms with Crippen molar-refractivity contribution in [2.75, 3.05) is 14.2 Å². The number of carbonyl (C=O) groups is 2. The van der Waals surface area contributed by atoms with E-state index in [1.165, 1.54) is 14.2 Å². The molecule has 17 heavy (non-hydrogen) atoms. The molecule has 0 unspecified atom stereocenters. The van der Waals surface area contributed by atoms with Gasteiger partial charge in [-0.1, -0.05) is 18.2 Å². The second-order valence-corrected chi connectivity index (χ2v) is 3.58. The fourth-order valence-electron chi connectivity index (χ4n) is 1.57. The molecule has 0 saturated carbocycles. The van der Waals surface area contributed by atoms with Crippen molar-refractivity contribution in [1.82, 2.24) is 0 Å². The first kappa shape index (κ1) is 13.2. The molecule has 0 spiro atoms. The van der Waals surface area contributed by atoms with Gasteiger partial charge < -0.3 is 9.47 Å². The van der Waals surface area contributed by atoms with Crippen LogP contribution in [0.4, 0.5) is 0 Å². The molecule has 0 aromatic heterocycles. The number of aryl methyl sites for hydroxylation is 1. The summed E-state index contributed by atoms with van der Waals surface area (Å²) in [7, 11) is 2.72. The summed E-state index contributed by atoms with van der Waals surface area (Å²) in [5.74, 6) is -0.584. The minimum absolute atomic E-state index is 0.236. The Kier molecular flexibility index (Phi) is 5.20. The molecule has 0 heterocycles. The molecule has 1 rings (SSSR count). The third-order valence-electron chi connectivity index (χ3n) is 2.48. The zero-order chi connectivity index (χ0) is 12.7. The summed E-state index contributed by atoms with van der Waals surface area (Å²) in [5, 5.41) is 0. The van der Waals surface area contributed by atoms with Crippen LogP contribution in [-0.4, -0.2) is 26.2 Å². The van der Waals surface area contributed by atoms with Crippen molar-refractivity contribution >= 4 is 11.9 Å². The third kappa shape index (κ3) is 3.90. The summed E-state index contributed by atoms with van der Waals surface area (Å²) in [6.07, 6.45) is 1.66. The molecule has 0 aliphatic carbocycles. The first-order valence-electron chi connectivity index (χ1n) is 5.42. The van der Waals surface area contributed by atoms with Gasteiger partial charge >= 0.3 is 11.9 Å². The van der Waals surface area contributed by atoms with E-state index in [2.05, 4.69) is 4.74 Å². The Morgan fingerprint density at radius 2 is 1.82 bits per heavy atom. The van der Waals surface area contributed by atoms with Crippen molar-refractivity contribution in [1.29, 1.82) is 0 Å². The summed E-state index contributed by atoms with van der Waals surface area (Å²) in [5.41, 5.74) is 1.45. The Morgan fingerprint density at radius 3 is 2.47 bits per heavy atom. The van der Waals surface area contributed by atoms with Gasteiger partial charge in [0.15, 0.2) is 0 Å². The molecule has 0 atom stereocenters. The Hall–Kier alpha value is -1.84. The van der Waals surface area contributed by atoms with E-state index in [9.17, 15) is 9.59 Å². The van der Waals surface area contributed by atoms with Gasteiger partial charge in [0, 0.05) is 6.42 Å². The number of hydrogen-bond donors (Lipinski definition) is 0. The molecule has 0 aliphatic rings. The minimum atomic E-state index is -0.348. The highest BCUT2D eigenvalue weighted by Gasteiger charge is 2.11. The number of hydrogen-bond acceptors (Lipinski definition) is 4. The van der Waals surface area contributed by atoms with E-state index in [1.807, 2.05) is 12.1 Å². The van der Waals surface area contributed by atoms with E-state index >= 15 is 0 Å². The first-order chi connectivity index (χ1) is 8.19. The van der Waals surface area contributed by atoms with Crippen LogP contribution >= 0.6 is 0 Å². The van der Waals surface area contributed by atoms with E-state index in [0.29, 0.717) is 24.8 Å². The van der Waals surface area contributed by atoms with Crippen molar-refractivity contribution in [2.24, 2.45) is 0 Å². The van der Waals surface area contributed by atoms with Crippen molar-refractivity contribution in [2.45, 2.75) is 19.3 Å². The molecule has 0 amide bonds. The lowest BCUT2D eigenvalue weighted by Crippen LogP contribution is -2.06.